The van der Waals surface area contributed by atoms with Crippen LogP contribution < -0.4 is 5.32 Å². The fourth-order valence-corrected chi connectivity index (χ4v) is 4.87. The zero-order valence-electron chi connectivity index (χ0n) is 14.7. The monoisotopic (exact) mass is 389 g/mol. The predicted octanol–water partition coefficient (Wildman–Crippen LogP) is 2.70. The highest BCUT2D eigenvalue weighted by Crippen LogP contribution is 2.29. The zero-order chi connectivity index (χ0) is 19.6. The lowest BCUT2D eigenvalue weighted by Crippen LogP contribution is -2.43. The van der Waals surface area contributed by atoms with Gasteiger partial charge in [0.2, 0.25) is 15.9 Å². The number of carbonyl (C=O) groups is 1. The van der Waals surface area contributed by atoms with Gasteiger partial charge in [0.15, 0.2) is 0 Å². The van der Waals surface area contributed by atoms with Crippen molar-refractivity contribution >= 4 is 27.3 Å². The van der Waals surface area contributed by atoms with Gasteiger partial charge in [-0.15, -0.1) is 0 Å². The molecule has 0 saturated carbocycles. The molecule has 1 atom stereocenters. The summed E-state index contributed by atoms with van der Waals surface area (Å²) in [6.07, 6.45) is 0.962. The molecule has 1 unspecified atom stereocenters. The molecule has 27 heavy (non-hydrogen) atoms. The van der Waals surface area contributed by atoms with Crippen LogP contribution in [0.1, 0.15) is 18.4 Å². The zero-order valence-corrected chi connectivity index (χ0v) is 15.5. The molecule has 1 fully saturated rings. The Hall–Kier alpha value is -2.78. The summed E-state index contributed by atoms with van der Waals surface area (Å²) in [5.41, 5.74) is 0.525. The lowest BCUT2D eigenvalue weighted by Gasteiger charge is -2.23. The van der Waals surface area contributed by atoms with Crippen molar-refractivity contribution < 1.29 is 18.1 Å². The molecule has 9 heteroatoms. The highest BCUT2D eigenvalue weighted by molar-refractivity contribution is 7.89. The fourth-order valence-electron chi connectivity index (χ4n) is 3.19. The standard InChI is InChI=1S/C18H19N3O5S/c1-13-15(9-5-10-16(13)21(23)24)19-18(22)17-11-6-12-20(17)27(25,26)14-7-3-2-4-8-14/h2-5,7-10,17H,6,11-12H2,1H3,(H,19,22). The molecule has 0 radical (unpaired) electrons. The van der Waals surface area contributed by atoms with E-state index in [1.54, 1.807) is 31.2 Å². The Morgan fingerprint density at radius 2 is 1.89 bits per heavy atom. The van der Waals surface area contributed by atoms with Crippen LogP contribution in [0, 0.1) is 17.0 Å². The summed E-state index contributed by atoms with van der Waals surface area (Å²) in [7, 11) is -3.79. The van der Waals surface area contributed by atoms with Crippen molar-refractivity contribution in [3.8, 4) is 0 Å². The molecule has 142 valence electrons. The van der Waals surface area contributed by atoms with Gasteiger partial charge < -0.3 is 5.32 Å². The van der Waals surface area contributed by atoms with Crippen LogP contribution >= 0.6 is 0 Å². The van der Waals surface area contributed by atoms with Crippen molar-refractivity contribution in [1.29, 1.82) is 0 Å². The highest BCUT2D eigenvalue weighted by atomic mass is 32.2. The van der Waals surface area contributed by atoms with E-state index in [1.807, 2.05) is 0 Å². The van der Waals surface area contributed by atoms with Crippen LogP contribution in [0.15, 0.2) is 53.4 Å². The Kier molecular flexibility index (Phi) is 5.24. The van der Waals surface area contributed by atoms with Gasteiger partial charge in [-0.05, 0) is 38.0 Å². The number of anilines is 1. The molecule has 1 N–H and O–H groups in total. The summed E-state index contributed by atoms with van der Waals surface area (Å²) in [6, 6.07) is 11.5. The summed E-state index contributed by atoms with van der Waals surface area (Å²) < 4.78 is 26.9. The van der Waals surface area contributed by atoms with E-state index in [-0.39, 0.29) is 17.1 Å². The smallest absolute Gasteiger partial charge is 0.274 e. The van der Waals surface area contributed by atoms with Gasteiger partial charge in [-0.1, -0.05) is 24.3 Å². The normalized spacial score (nSPS) is 17.6. The largest absolute Gasteiger partial charge is 0.324 e. The third-order valence-corrected chi connectivity index (χ3v) is 6.54. The Morgan fingerprint density at radius 3 is 2.56 bits per heavy atom. The van der Waals surface area contributed by atoms with E-state index in [2.05, 4.69) is 5.32 Å². The summed E-state index contributed by atoms with van der Waals surface area (Å²) in [6.45, 7) is 1.80. The van der Waals surface area contributed by atoms with E-state index in [0.29, 0.717) is 24.1 Å². The summed E-state index contributed by atoms with van der Waals surface area (Å²) in [5, 5.41) is 13.7. The van der Waals surface area contributed by atoms with Crippen molar-refractivity contribution in [2.45, 2.75) is 30.7 Å². The summed E-state index contributed by atoms with van der Waals surface area (Å²) >= 11 is 0. The second-order valence-corrected chi connectivity index (χ2v) is 8.17. The van der Waals surface area contributed by atoms with Gasteiger partial charge in [0.25, 0.3) is 5.69 Å². The minimum absolute atomic E-state index is 0.104. The fraction of sp³-hybridized carbons (Fsp3) is 0.278. The van der Waals surface area contributed by atoms with Crippen molar-refractivity contribution in [3.05, 3.63) is 64.2 Å². The molecule has 1 saturated heterocycles. The number of nitro groups is 1. The van der Waals surface area contributed by atoms with Crippen LogP contribution in [0.2, 0.25) is 0 Å². The van der Waals surface area contributed by atoms with Crippen LogP contribution in [0.3, 0.4) is 0 Å². The van der Waals surface area contributed by atoms with Gasteiger partial charge in [0.05, 0.1) is 21.1 Å². The Balaban J connectivity index is 1.85. The van der Waals surface area contributed by atoms with E-state index in [9.17, 15) is 23.3 Å². The Bertz CT molecular complexity index is 976. The maximum absolute atomic E-state index is 12.9. The maximum Gasteiger partial charge on any atom is 0.274 e. The highest BCUT2D eigenvalue weighted by Gasteiger charge is 2.39. The van der Waals surface area contributed by atoms with E-state index >= 15 is 0 Å². The topological polar surface area (TPSA) is 110 Å². The minimum atomic E-state index is -3.79. The molecule has 0 aromatic heterocycles. The van der Waals surface area contributed by atoms with E-state index in [0.717, 1.165) is 0 Å². The maximum atomic E-state index is 12.9. The number of nitrogens with one attached hydrogen (secondary N) is 1. The average molecular weight is 389 g/mol. The van der Waals surface area contributed by atoms with Crippen LogP contribution in [-0.4, -0.2) is 36.1 Å². The van der Waals surface area contributed by atoms with Crippen molar-refractivity contribution in [3.63, 3.8) is 0 Å². The lowest BCUT2D eigenvalue weighted by atomic mass is 10.1. The second-order valence-electron chi connectivity index (χ2n) is 6.28. The van der Waals surface area contributed by atoms with Gasteiger partial charge >= 0.3 is 0 Å². The van der Waals surface area contributed by atoms with Crippen LogP contribution in [0.5, 0.6) is 0 Å². The molecule has 1 aliphatic heterocycles. The summed E-state index contributed by atoms with van der Waals surface area (Å²) in [5.74, 6) is -0.490. The number of hydrogen-bond acceptors (Lipinski definition) is 5. The third-order valence-electron chi connectivity index (χ3n) is 4.62. The van der Waals surface area contributed by atoms with Gasteiger partial charge in [-0.3, -0.25) is 14.9 Å². The van der Waals surface area contributed by atoms with Gasteiger partial charge in [-0.25, -0.2) is 8.42 Å². The van der Waals surface area contributed by atoms with Crippen LogP contribution in [0.4, 0.5) is 11.4 Å². The first-order chi connectivity index (χ1) is 12.8. The molecule has 3 rings (SSSR count). The molecule has 1 aliphatic rings. The number of nitrogens with zero attached hydrogens (tertiary/aromatic N) is 2. The molecule has 0 spiro atoms. The third kappa shape index (κ3) is 3.69. The quantitative estimate of drug-likeness (QED) is 0.624. The van der Waals surface area contributed by atoms with E-state index in [1.165, 1.54) is 28.6 Å². The summed E-state index contributed by atoms with van der Waals surface area (Å²) in [4.78, 5) is 23.4. The first-order valence-electron chi connectivity index (χ1n) is 8.44. The number of hydrogen-bond donors (Lipinski definition) is 1. The molecule has 1 amide bonds. The first-order valence-corrected chi connectivity index (χ1v) is 9.88. The molecular weight excluding hydrogens is 370 g/mol. The van der Waals surface area contributed by atoms with Gasteiger partial charge in [-0.2, -0.15) is 4.31 Å². The predicted molar refractivity (Wildman–Crippen MR) is 99.8 cm³/mol. The van der Waals surface area contributed by atoms with E-state index < -0.39 is 26.9 Å². The number of carbonyl (C=O) groups excluding carboxylic acids is 1. The van der Waals surface area contributed by atoms with Crippen LogP contribution in [0.25, 0.3) is 0 Å². The van der Waals surface area contributed by atoms with Crippen molar-refractivity contribution in [1.82, 2.24) is 4.31 Å². The van der Waals surface area contributed by atoms with Crippen LogP contribution in [-0.2, 0) is 14.8 Å². The number of amides is 1. The number of sulfonamides is 1. The first kappa shape index (κ1) is 19.0. The SMILES string of the molecule is Cc1c(NC(=O)C2CCCN2S(=O)(=O)c2ccccc2)cccc1[N+](=O)[O-]. The second kappa shape index (κ2) is 7.45. The molecule has 2 aromatic rings. The number of nitro benzene ring substituents is 1. The molecule has 1 heterocycles. The lowest BCUT2D eigenvalue weighted by molar-refractivity contribution is -0.385. The average Bonchev–Trinajstić information content (AvgIpc) is 3.15. The molecule has 0 bridgehead atoms. The van der Waals surface area contributed by atoms with Crippen molar-refractivity contribution in [2.75, 3.05) is 11.9 Å². The minimum Gasteiger partial charge on any atom is -0.324 e. The molecule has 8 nitrogen and oxygen atoms in total. The van der Waals surface area contributed by atoms with Gasteiger partial charge in [0.1, 0.15) is 6.04 Å². The van der Waals surface area contributed by atoms with E-state index in [4.69, 9.17) is 0 Å². The van der Waals surface area contributed by atoms with Gasteiger partial charge in [0, 0.05) is 12.6 Å². The number of rotatable bonds is 5. The molecule has 2 aromatic carbocycles. The molecule has 0 aliphatic carbocycles. The Labute approximate surface area is 157 Å². The number of benzene rings is 2. The Morgan fingerprint density at radius 1 is 1.19 bits per heavy atom. The van der Waals surface area contributed by atoms with Crippen molar-refractivity contribution in [2.24, 2.45) is 0 Å². The molecular formula is C18H19N3O5S.